The van der Waals surface area contributed by atoms with E-state index in [0.717, 1.165) is 0 Å². The maximum absolute atomic E-state index is 12.0. The molecule has 0 fully saturated rings. The molecule has 2 N–H and O–H groups in total. The largest absolute Gasteiger partial charge is 0.755 e. The number of hydrogen-bond acceptors (Lipinski definition) is 6. The van der Waals surface area contributed by atoms with Gasteiger partial charge in [-0.3, -0.25) is 8.93 Å². The van der Waals surface area contributed by atoms with Gasteiger partial charge in [-0.05, 0) is 18.2 Å². The number of fused-ring (bicyclic) bond motifs is 1. The van der Waals surface area contributed by atoms with Crippen LogP contribution in [0.4, 0.5) is 4.79 Å². The van der Waals surface area contributed by atoms with Crippen LogP contribution in [0.1, 0.15) is 5.89 Å². The standard InChI is InChI=1S/C15H13N3O5S/c1-3-9(11(4-2)17-15(20)18-24(21)22)13-16-12-8-6-5-7-10(12)14(19)23-13/h3-8H,1-2H2,(H,21,22)(H2,17,18,20)/p-1/b11-9-. The monoisotopic (exact) mass is 346 g/mol. The highest BCUT2D eigenvalue weighted by atomic mass is 32.2. The number of allylic oxidation sites excluding steroid dienone is 3. The highest BCUT2D eigenvalue weighted by molar-refractivity contribution is 7.77. The van der Waals surface area contributed by atoms with Crippen LogP contribution in [0, 0.1) is 0 Å². The zero-order chi connectivity index (χ0) is 17.7. The van der Waals surface area contributed by atoms with Crippen molar-refractivity contribution in [3.05, 3.63) is 71.6 Å². The van der Waals surface area contributed by atoms with Crippen molar-refractivity contribution in [3.63, 3.8) is 0 Å². The predicted molar refractivity (Wildman–Crippen MR) is 88.2 cm³/mol. The van der Waals surface area contributed by atoms with Crippen molar-refractivity contribution in [3.8, 4) is 0 Å². The highest BCUT2D eigenvalue weighted by Crippen LogP contribution is 2.18. The number of nitrogens with one attached hydrogen (secondary N) is 2. The van der Waals surface area contributed by atoms with Gasteiger partial charge in [-0.15, -0.1) is 0 Å². The van der Waals surface area contributed by atoms with Gasteiger partial charge in [-0.25, -0.2) is 14.6 Å². The fraction of sp³-hybridized carbons (Fsp3) is 0. The molecule has 0 saturated carbocycles. The van der Waals surface area contributed by atoms with Crippen LogP contribution in [-0.2, 0) is 11.3 Å². The molecule has 0 bridgehead atoms. The van der Waals surface area contributed by atoms with Crippen LogP contribution in [0.3, 0.4) is 0 Å². The molecular formula is C15H12N3O5S-. The average Bonchev–Trinajstić information content (AvgIpc) is 2.54. The smallest absolute Gasteiger partial charge is 0.347 e. The topological polar surface area (TPSA) is 124 Å². The third kappa shape index (κ3) is 3.83. The summed E-state index contributed by atoms with van der Waals surface area (Å²) in [6.45, 7) is 7.11. The third-order valence-corrected chi connectivity index (χ3v) is 3.24. The number of aromatic nitrogens is 1. The molecule has 0 aliphatic heterocycles. The number of carbonyl (C=O) groups is 1. The lowest BCUT2D eigenvalue weighted by Gasteiger charge is -2.12. The molecule has 0 spiro atoms. The Balaban J connectivity index is 2.54. The Bertz CT molecular complexity index is 932. The summed E-state index contributed by atoms with van der Waals surface area (Å²) in [5, 5.41) is 2.56. The van der Waals surface area contributed by atoms with Gasteiger partial charge in [0, 0.05) is 11.3 Å². The van der Waals surface area contributed by atoms with Gasteiger partial charge in [0.2, 0.25) is 5.89 Å². The minimum Gasteiger partial charge on any atom is -0.755 e. The summed E-state index contributed by atoms with van der Waals surface area (Å²) in [5.74, 6) is -0.0906. The Morgan fingerprint density at radius 1 is 1.29 bits per heavy atom. The molecule has 1 atom stereocenters. The minimum absolute atomic E-state index is 0.0684. The van der Waals surface area contributed by atoms with E-state index in [1.54, 1.807) is 29.0 Å². The molecule has 1 unspecified atom stereocenters. The second-order valence-corrected chi connectivity index (χ2v) is 5.02. The lowest BCUT2D eigenvalue weighted by molar-refractivity contribution is 0.248. The van der Waals surface area contributed by atoms with Gasteiger partial charge in [-0.1, -0.05) is 31.4 Å². The van der Waals surface area contributed by atoms with Gasteiger partial charge in [0.25, 0.3) is 0 Å². The van der Waals surface area contributed by atoms with Gasteiger partial charge in [0.1, 0.15) is 0 Å². The van der Waals surface area contributed by atoms with Gasteiger partial charge in [0.15, 0.2) is 0 Å². The fourth-order valence-corrected chi connectivity index (χ4v) is 2.10. The summed E-state index contributed by atoms with van der Waals surface area (Å²) in [5.41, 5.74) is 0.0265. The average molecular weight is 346 g/mol. The number of nitrogens with zero attached hydrogens (tertiary/aromatic N) is 1. The number of carbonyl (C=O) groups excluding carboxylic acids is 1. The van der Waals surface area contributed by atoms with Crippen LogP contribution in [0.2, 0.25) is 0 Å². The van der Waals surface area contributed by atoms with Crippen molar-refractivity contribution in [2.24, 2.45) is 0 Å². The number of benzene rings is 1. The summed E-state index contributed by atoms with van der Waals surface area (Å²) >= 11 is -2.78. The molecular weight excluding hydrogens is 334 g/mol. The molecule has 2 rings (SSSR count). The second-order valence-electron chi connectivity index (χ2n) is 4.35. The Hall–Kier alpha value is -3.04. The van der Waals surface area contributed by atoms with Crippen LogP contribution in [0.5, 0.6) is 0 Å². The van der Waals surface area contributed by atoms with Crippen molar-refractivity contribution in [1.82, 2.24) is 15.0 Å². The molecule has 0 aliphatic rings. The number of para-hydroxylation sites is 1. The van der Waals surface area contributed by atoms with Gasteiger partial charge < -0.3 is 14.3 Å². The van der Waals surface area contributed by atoms with Crippen LogP contribution in [-0.4, -0.2) is 19.8 Å². The summed E-state index contributed by atoms with van der Waals surface area (Å²) in [6.07, 6.45) is 2.53. The van der Waals surface area contributed by atoms with Gasteiger partial charge in [0.05, 0.1) is 22.2 Å². The van der Waals surface area contributed by atoms with E-state index in [-0.39, 0.29) is 17.2 Å². The van der Waals surface area contributed by atoms with Crippen LogP contribution < -0.4 is 15.7 Å². The first-order chi connectivity index (χ1) is 11.5. The molecule has 2 amide bonds. The molecule has 9 heteroatoms. The Kier molecular flexibility index (Phi) is 5.40. The fourth-order valence-electron chi connectivity index (χ4n) is 1.90. The molecule has 2 aromatic rings. The summed E-state index contributed by atoms with van der Waals surface area (Å²) in [6, 6.07) is 5.57. The number of urea groups is 1. The number of amides is 2. The summed E-state index contributed by atoms with van der Waals surface area (Å²) < 4.78 is 27.7. The van der Waals surface area contributed by atoms with E-state index in [1.807, 2.05) is 0 Å². The quantitative estimate of drug-likeness (QED) is 0.622. The molecule has 1 aromatic carbocycles. The minimum atomic E-state index is -2.78. The van der Waals surface area contributed by atoms with Crippen molar-refractivity contribution in [2.75, 3.05) is 0 Å². The first kappa shape index (κ1) is 17.3. The Labute approximate surface area is 139 Å². The van der Waals surface area contributed by atoms with Crippen molar-refractivity contribution in [1.29, 1.82) is 0 Å². The van der Waals surface area contributed by atoms with E-state index in [2.05, 4.69) is 23.5 Å². The molecule has 0 radical (unpaired) electrons. The molecule has 24 heavy (non-hydrogen) atoms. The van der Waals surface area contributed by atoms with Crippen LogP contribution in [0.25, 0.3) is 16.5 Å². The second kappa shape index (κ2) is 7.49. The molecule has 1 heterocycles. The van der Waals surface area contributed by atoms with E-state index < -0.39 is 22.9 Å². The van der Waals surface area contributed by atoms with Crippen molar-refractivity contribution >= 4 is 33.8 Å². The maximum Gasteiger partial charge on any atom is 0.347 e. The first-order valence-electron chi connectivity index (χ1n) is 6.52. The SMILES string of the molecule is C=C/C(NC(=O)NS(=O)[O-])=C(\C=C)c1nc2ccccc2c(=O)o1. The van der Waals surface area contributed by atoms with E-state index in [9.17, 15) is 18.4 Å². The normalized spacial score (nSPS) is 12.9. The van der Waals surface area contributed by atoms with Crippen LogP contribution in [0.15, 0.2) is 64.5 Å². The summed E-state index contributed by atoms with van der Waals surface area (Å²) in [4.78, 5) is 27.7. The lowest BCUT2D eigenvalue weighted by atomic mass is 10.2. The molecule has 0 aliphatic carbocycles. The van der Waals surface area contributed by atoms with E-state index in [1.165, 1.54) is 12.2 Å². The molecule has 124 valence electrons. The number of hydrogen-bond donors (Lipinski definition) is 2. The summed E-state index contributed by atoms with van der Waals surface area (Å²) in [7, 11) is 0. The molecule has 1 aromatic heterocycles. The lowest BCUT2D eigenvalue weighted by Crippen LogP contribution is -2.35. The predicted octanol–water partition coefficient (Wildman–Crippen LogP) is 1.36. The van der Waals surface area contributed by atoms with Gasteiger partial charge >= 0.3 is 11.7 Å². The molecule has 0 saturated heterocycles. The maximum atomic E-state index is 12.0. The molecule has 8 nitrogen and oxygen atoms in total. The third-order valence-electron chi connectivity index (χ3n) is 2.89. The first-order valence-corrected chi connectivity index (χ1v) is 7.60. The highest BCUT2D eigenvalue weighted by Gasteiger charge is 2.13. The van der Waals surface area contributed by atoms with Crippen molar-refractivity contribution in [2.45, 2.75) is 0 Å². The van der Waals surface area contributed by atoms with E-state index in [0.29, 0.717) is 10.9 Å². The zero-order valence-electron chi connectivity index (χ0n) is 12.3. The zero-order valence-corrected chi connectivity index (χ0v) is 13.1. The van der Waals surface area contributed by atoms with E-state index in [4.69, 9.17) is 4.42 Å². The van der Waals surface area contributed by atoms with Crippen molar-refractivity contribution < 1.29 is 18.0 Å². The van der Waals surface area contributed by atoms with E-state index >= 15 is 0 Å². The Morgan fingerprint density at radius 2 is 2.00 bits per heavy atom. The number of rotatable bonds is 5. The van der Waals surface area contributed by atoms with Crippen LogP contribution >= 0.6 is 0 Å². The van der Waals surface area contributed by atoms with Gasteiger partial charge in [-0.2, -0.15) is 0 Å². The Morgan fingerprint density at radius 3 is 2.62 bits per heavy atom.